The first-order chi connectivity index (χ1) is 7.58. The van der Waals surface area contributed by atoms with E-state index in [9.17, 15) is 0 Å². The highest BCUT2D eigenvalue weighted by atomic mass is 79.9. The number of halogens is 1. The van der Waals surface area contributed by atoms with E-state index in [1.165, 1.54) is 6.21 Å². The lowest BCUT2D eigenvalue weighted by Gasteiger charge is -2.14. The summed E-state index contributed by atoms with van der Waals surface area (Å²) in [6.45, 7) is 3.88. The second-order valence-electron chi connectivity index (χ2n) is 3.44. The Kier molecular flexibility index (Phi) is 4.61. The van der Waals surface area contributed by atoms with Gasteiger partial charge in [-0.1, -0.05) is 5.16 Å². The van der Waals surface area contributed by atoms with Crippen LogP contribution in [0.15, 0.2) is 21.8 Å². The number of oxime groups is 1. The molecule has 0 aliphatic carbocycles. The highest BCUT2D eigenvalue weighted by Gasteiger charge is 2.10. The Morgan fingerprint density at radius 3 is 2.56 bits per heavy atom. The topological polar surface area (TPSA) is 51.0 Å². The Balaban J connectivity index is 3.15. The minimum absolute atomic E-state index is 0.0677. The second-order valence-corrected chi connectivity index (χ2v) is 4.29. The average Bonchev–Trinajstić information content (AvgIpc) is 2.21. The van der Waals surface area contributed by atoms with Crippen LogP contribution in [-0.2, 0) is 0 Å². The van der Waals surface area contributed by atoms with E-state index in [0.717, 1.165) is 10.0 Å². The zero-order valence-electron chi connectivity index (χ0n) is 9.40. The molecule has 0 heterocycles. The van der Waals surface area contributed by atoms with Crippen molar-refractivity contribution in [2.45, 2.75) is 20.0 Å². The van der Waals surface area contributed by atoms with Crippen molar-refractivity contribution in [1.82, 2.24) is 0 Å². The molecule has 1 aromatic rings. The predicted octanol–water partition coefficient (Wildman–Crippen LogP) is 3.05. The molecule has 0 atom stereocenters. The van der Waals surface area contributed by atoms with Gasteiger partial charge in [-0.25, -0.2) is 0 Å². The van der Waals surface area contributed by atoms with Gasteiger partial charge in [0.2, 0.25) is 0 Å². The third-order valence-electron chi connectivity index (χ3n) is 1.84. The van der Waals surface area contributed by atoms with Crippen molar-refractivity contribution in [3.8, 4) is 11.5 Å². The van der Waals surface area contributed by atoms with Crippen LogP contribution in [-0.4, -0.2) is 24.6 Å². The molecule has 0 aliphatic rings. The molecule has 4 nitrogen and oxygen atoms in total. The number of ether oxygens (including phenoxy) is 2. The monoisotopic (exact) mass is 287 g/mol. The van der Waals surface area contributed by atoms with Gasteiger partial charge < -0.3 is 14.7 Å². The number of nitrogens with zero attached hydrogens (tertiary/aromatic N) is 1. The van der Waals surface area contributed by atoms with Crippen LogP contribution in [0.5, 0.6) is 11.5 Å². The van der Waals surface area contributed by atoms with Gasteiger partial charge in [0.25, 0.3) is 0 Å². The van der Waals surface area contributed by atoms with E-state index >= 15 is 0 Å². The first-order valence-electron chi connectivity index (χ1n) is 4.80. The third kappa shape index (κ3) is 3.13. The van der Waals surface area contributed by atoms with Crippen molar-refractivity contribution in [3.05, 3.63) is 22.2 Å². The quantitative estimate of drug-likeness (QED) is 0.526. The minimum Gasteiger partial charge on any atom is -0.493 e. The van der Waals surface area contributed by atoms with Gasteiger partial charge >= 0.3 is 0 Å². The molecular weight excluding hydrogens is 274 g/mol. The maximum atomic E-state index is 8.50. The van der Waals surface area contributed by atoms with Crippen molar-refractivity contribution in [2.24, 2.45) is 5.16 Å². The lowest BCUT2D eigenvalue weighted by Crippen LogP contribution is -2.07. The molecule has 0 saturated carbocycles. The number of rotatable bonds is 4. The summed E-state index contributed by atoms with van der Waals surface area (Å²) in [7, 11) is 1.57. The maximum Gasteiger partial charge on any atom is 0.162 e. The fraction of sp³-hybridized carbons (Fsp3) is 0.364. The molecule has 16 heavy (non-hydrogen) atoms. The number of hydrogen-bond acceptors (Lipinski definition) is 4. The Morgan fingerprint density at radius 2 is 2.06 bits per heavy atom. The molecule has 0 aliphatic heterocycles. The fourth-order valence-electron chi connectivity index (χ4n) is 1.22. The normalized spacial score (nSPS) is 11.1. The standard InChI is InChI=1S/C11H14BrNO3/c1-7(2)16-11-5-9(12)8(6-13-14)4-10(11)15-3/h4-7,14H,1-3H3/b13-6+. The predicted molar refractivity (Wildman–Crippen MR) is 65.8 cm³/mol. The van der Waals surface area contributed by atoms with Crippen LogP contribution >= 0.6 is 15.9 Å². The van der Waals surface area contributed by atoms with E-state index in [2.05, 4.69) is 21.1 Å². The largest absolute Gasteiger partial charge is 0.493 e. The van der Waals surface area contributed by atoms with Crippen LogP contribution < -0.4 is 9.47 Å². The van der Waals surface area contributed by atoms with Gasteiger partial charge in [-0.05, 0) is 41.9 Å². The molecule has 0 spiro atoms. The summed E-state index contributed by atoms with van der Waals surface area (Å²) in [6, 6.07) is 3.53. The minimum atomic E-state index is 0.0677. The molecule has 1 aromatic carbocycles. The molecule has 1 rings (SSSR count). The summed E-state index contributed by atoms with van der Waals surface area (Å²) in [5, 5.41) is 11.5. The van der Waals surface area contributed by atoms with Gasteiger partial charge in [0.15, 0.2) is 11.5 Å². The molecule has 1 N–H and O–H groups in total. The lowest BCUT2D eigenvalue weighted by atomic mass is 10.2. The first-order valence-corrected chi connectivity index (χ1v) is 5.59. The Labute approximate surface area is 103 Å². The second kappa shape index (κ2) is 5.75. The molecule has 88 valence electrons. The van der Waals surface area contributed by atoms with E-state index in [-0.39, 0.29) is 6.10 Å². The maximum absolute atomic E-state index is 8.50. The Morgan fingerprint density at radius 1 is 1.38 bits per heavy atom. The van der Waals surface area contributed by atoms with Crippen molar-refractivity contribution < 1.29 is 14.7 Å². The van der Waals surface area contributed by atoms with E-state index in [0.29, 0.717) is 11.5 Å². The highest BCUT2D eigenvalue weighted by Crippen LogP contribution is 2.33. The number of hydrogen-bond donors (Lipinski definition) is 1. The fourth-order valence-corrected chi connectivity index (χ4v) is 1.64. The van der Waals surface area contributed by atoms with Gasteiger partial charge in [-0.15, -0.1) is 0 Å². The van der Waals surface area contributed by atoms with Crippen LogP contribution in [0.1, 0.15) is 19.4 Å². The Hall–Kier alpha value is -1.23. The molecule has 5 heteroatoms. The molecule has 0 aromatic heterocycles. The zero-order valence-corrected chi connectivity index (χ0v) is 11.0. The van der Waals surface area contributed by atoms with E-state index in [1.807, 2.05) is 13.8 Å². The summed E-state index contributed by atoms with van der Waals surface area (Å²) >= 11 is 3.36. The molecular formula is C11H14BrNO3. The van der Waals surface area contributed by atoms with Gasteiger partial charge in [0.05, 0.1) is 19.4 Å². The van der Waals surface area contributed by atoms with Crippen molar-refractivity contribution in [3.63, 3.8) is 0 Å². The van der Waals surface area contributed by atoms with Gasteiger partial charge in [0.1, 0.15) is 0 Å². The summed E-state index contributed by atoms with van der Waals surface area (Å²) in [6.07, 6.45) is 1.39. The van der Waals surface area contributed by atoms with E-state index < -0.39 is 0 Å². The summed E-state index contributed by atoms with van der Waals surface area (Å²) in [5.74, 6) is 1.26. The van der Waals surface area contributed by atoms with Crippen LogP contribution in [0.4, 0.5) is 0 Å². The third-order valence-corrected chi connectivity index (χ3v) is 2.53. The highest BCUT2D eigenvalue weighted by molar-refractivity contribution is 9.10. The molecule has 0 amide bonds. The molecule has 0 bridgehead atoms. The summed E-state index contributed by atoms with van der Waals surface area (Å²) in [5.41, 5.74) is 0.718. The van der Waals surface area contributed by atoms with Crippen LogP contribution in [0, 0.1) is 0 Å². The number of methoxy groups -OCH3 is 1. The SMILES string of the molecule is COc1cc(/C=N/O)c(Br)cc1OC(C)C. The van der Waals surface area contributed by atoms with E-state index in [4.69, 9.17) is 14.7 Å². The van der Waals surface area contributed by atoms with Crippen molar-refractivity contribution >= 4 is 22.1 Å². The van der Waals surface area contributed by atoms with Gasteiger partial charge in [0, 0.05) is 10.0 Å². The molecule has 0 saturated heterocycles. The molecule has 0 radical (unpaired) electrons. The lowest BCUT2D eigenvalue weighted by molar-refractivity contribution is 0.230. The molecule has 0 fully saturated rings. The van der Waals surface area contributed by atoms with Crippen LogP contribution in [0.25, 0.3) is 0 Å². The van der Waals surface area contributed by atoms with Crippen LogP contribution in [0.3, 0.4) is 0 Å². The summed E-state index contributed by atoms with van der Waals surface area (Å²) in [4.78, 5) is 0. The zero-order chi connectivity index (χ0) is 12.1. The van der Waals surface area contributed by atoms with Crippen LogP contribution in [0.2, 0.25) is 0 Å². The number of benzene rings is 1. The first kappa shape index (κ1) is 12.8. The summed E-state index contributed by atoms with van der Waals surface area (Å²) < 4.78 is 11.6. The molecule has 0 unspecified atom stereocenters. The van der Waals surface area contributed by atoms with Gasteiger partial charge in [-0.2, -0.15) is 0 Å². The Bertz CT molecular complexity index is 391. The van der Waals surface area contributed by atoms with E-state index in [1.54, 1.807) is 19.2 Å². The average molecular weight is 288 g/mol. The smallest absolute Gasteiger partial charge is 0.162 e. The van der Waals surface area contributed by atoms with Crippen molar-refractivity contribution in [1.29, 1.82) is 0 Å². The van der Waals surface area contributed by atoms with Gasteiger partial charge in [-0.3, -0.25) is 0 Å². The van der Waals surface area contributed by atoms with Crippen molar-refractivity contribution in [2.75, 3.05) is 7.11 Å².